The Morgan fingerprint density at radius 2 is 1.74 bits per heavy atom. The number of nitrogens with zero attached hydrogens (tertiary/aromatic N) is 1. The Kier molecular flexibility index (Phi) is 9.00. The van der Waals surface area contributed by atoms with Crippen LogP contribution in [0.25, 0.3) is 0 Å². The predicted molar refractivity (Wildman–Crippen MR) is 140 cm³/mol. The standard InChI is InChI=1S/C29H41N3O3/c30-26(29(34)35)20-23(28(33)31-24-12-3-1-4-13-24)10-7-9-21-16-17-27-22(19-21)11-8-18-32(27)25-14-5-2-6-15-25/h10,16-17,19,24-25,30H,1-9,11-15,18,20H2,(H,31,33)(H,34,35)/b23-10-,30-26?. The number of allylic oxidation sites excluding steroid dienone is 1. The van der Waals surface area contributed by atoms with Crippen molar-refractivity contribution in [2.75, 3.05) is 11.4 Å². The highest BCUT2D eigenvalue weighted by molar-refractivity contribution is 6.35. The zero-order chi connectivity index (χ0) is 24.6. The second-order valence-corrected chi connectivity index (χ2v) is 10.6. The molecule has 6 heteroatoms. The first-order valence-corrected chi connectivity index (χ1v) is 13.7. The molecule has 4 rings (SSSR count). The van der Waals surface area contributed by atoms with Crippen molar-refractivity contribution in [1.82, 2.24) is 5.32 Å². The number of anilines is 1. The number of carboxylic acid groups (broad SMARTS) is 1. The summed E-state index contributed by atoms with van der Waals surface area (Å²) in [5.74, 6) is -1.48. The topological polar surface area (TPSA) is 93.5 Å². The number of fused-ring (bicyclic) bond motifs is 1. The first kappa shape index (κ1) is 25.5. The molecule has 0 atom stereocenters. The van der Waals surface area contributed by atoms with Gasteiger partial charge in [-0.25, -0.2) is 4.79 Å². The van der Waals surface area contributed by atoms with Crippen molar-refractivity contribution in [3.8, 4) is 0 Å². The minimum absolute atomic E-state index is 0.131. The van der Waals surface area contributed by atoms with Gasteiger partial charge in [0.25, 0.3) is 0 Å². The summed E-state index contributed by atoms with van der Waals surface area (Å²) < 4.78 is 0. The lowest BCUT2D eigenvalue weighted by Crippen LogP contribution is -2.40. The number of aliphatic carboxylic acids is 1. The van der Waals surface area contributed by atoms with Gasteiger partial charge < -0.3 is 15.3 Å². The van der Waals surface area contributed by atoms with Gasteiger partial charge in [0.05, 0.1) is 0 Å². The van der Waals surface area contributed by atoms with Gasteiger partial charge in [-0.3, -0.25) is 10.2 Å². The number of aryl methyl sites for hydroxylation is 2. The van der Waals surface area contributed by atoms with Crippen LogP contribution in [0.1, 0.15) is 94.6 Å². The van der Waals surface area contributed by atoms with Gasteiger partial charge >= 0.3 is 5.97 Å². The maximum atomic E-state index is 12.9. The number of rotatable bonds is 9. The van der Waals surface area contributed by atoms with E-state index in [0.717, 1.165) is 45.1 Å². The molecule has 3 aliphatic rings. The van der Waals surface area contributed by atoms with Crippen LogP contribution in [0.4, 0.5) is 5.69 Å². The van der Waals surface area contributed by atoms with Gasteiger partial charge in [-0.15, -0.1) is 0 Å². The average molecular weight is 480 g/mol. The lowest BCUT2D eigenvalue weighted by Gasteiger charge is -2.40. The van der Waals surface area contributed by atoms with Gasteiger partial charge in [0.15, 0.2) is 0 Å². The van der Waals surface area contributed by atoms with Crippen LogP contribution in [0, 0.1) is 5.41 Å². The van der Waals surface area contributed by atoms with Crippen LogP contribution in [0.5, 0.6) is 0 Å². The second kappa shape index (κ2) is 12.4. The highest BCUT2D eigenvalue weighted by Gasteiger charge is 2.26. The lowest BCUT2D eigenvalue weighted by molar-refractivity contribution is -0.129. The van der Waals surface area contributed by atoms with Crippen molar-refractivity contribution in [1.29, 1.82) is 5.41 Å². The molecule has 0 spiro atoms. The Morgan fingerprint density at radius 1 is 1.03 bits per heavy atom. The van der Waals surface area contributed by atoms with Gasteiger partial charge in [0, 0.05) is 36.3 Å². The predicted octanol–water partition coefficient (Wildman–Crippen LogP) is 5.57. The molecule has 2 fully saturated rings. The molecule has 2 saturated carbocycles. The van der Waals surface area contributed by atoms with Gasteiger partial charge in [-0.05, 0) is 68.6 Å². The molecule has 0 radical (unpaired) electrons. The third kappa shape index (κ3) is 6.96. The quantitative estimate of drug-likeness (QED) is 0.319. The minimum Gasteiger partial charge on any atom is -0.477 e. The molecule has 1 aromatic rings. The van der Waals surface area contributed by atoms with Crippen molar-refractivity contribution in [2.24, 2.45) is 0 Å². The molecule has 2 aliphatic carbocycles. The first-order chi connectivity index (χ1) is 17.0. The van der Waals surface area contributed by atoms with Crippen molar-refractivity contribution in [3.05, 3.63) is 41.0 Å². The number of hydrogen-bond acceptors (Lipinski definition) is 4. The van der Waals surface area contributed by atoms with E-state index in [1.807, 2.05) is 6.08 Å². The summed E-state index contributed by atoms with van der Waals surface area (Å²) in [6.45, 7) is 1.16. The molecule has 0 bridgehead atoms. The molecule has 6 nitrogen and oxygen atoms in total. The molecule has 1 heterocycles. The van der Waals surface area contributed by atoms with Gasteiger partial charge in [-0.2, -0.15) is 0 Å². The fraction of sp³-hybridized carbons (Fsp3) is 0.621. The number of carboxylic acids is 1. The van der Waals surface area contributed by atoms with Crippen LogP contribution in [0.2, 0.25) is 0 Å². The number of carbonyl (C=O) groups is 2. The molecule has 0 unspecified atom stereocenters. The van der Waals surface area contributed by atoms with Gasteiger partial charge in [0.2, 0.25) is 5.91 Å². The fourth-order valence-corrected chi connectivity index (χ4v) is 6.06. The number of hydrogen-bond donors (Lipinski definition) is 3. The van der Waals surface area contributed by atoms with Crippen LogP contribution in [-0.4, -0.2) is 41.3 Å². The summed E-state index contributed by atoms with van der Waals surface area (Å²) in [4.78, 5) is 26.8. The van der Waals surface area contributed by atoms with Crippen LogP contribution < -0.4 is 10.2 Å². The van der Waals surface area contributed by atoms with Crippen LogP contribution in [-0.2, 0) is 22.4 Å². The highest BCUT2D eigenvalue weighted by atomic mass is 16.4. The summed E-state index contributed by atoms with van der Waals surface area (Å²) >= 11 is 0. The normalized spacial score (nSPS) is 19.8. The first-order valence-electron chi connectivity index (χ1n) is 13.7. The summed E-state index contributed by atoms with van der Waals surface area (Å²) in [6, 6.07) is 7.69. The molecule has 0 aromatic heterocycles. The molecule has 1 amide bonds. The molecule has 0 saturated heterocycles. The number of amides is 1. The van der Waals surface area contributed by atoms with E-state index >= 15 is 0 Å². The molecule has 190 valence electrons. The summed E-state index contributed by atoms with van der Waals surface area (Å²) in [6.07, 6.45) is 17.6. The average Bonchev–Trinajstić information content (AvgIpc) is 2.88. The number of benzene rings is 1. The monoisotopic (exact) mass is 479 g/mol. The Morgan fingerprint density at radius 3 is 2.46 bits per heavy atom. The van der Waals surface area contributed by atoms with E-state index in [0.29, 0.717) is 18.0 Å². The molecular formula is C29H41N3O3. The van der Waals surface area contributed by atoms with E-state index in [1.165, 1.54) is 61.8 Å². The van der Waals surface area contributed by atoms with E-state index < -0.39 is 11.7 Å². The van der Waals surface area contributed by atoms with Gasteiger partial charge in [0.1, 0.15) is 5.71 Å². The third-order valence-electron chi connectivity index (χ3n) is 8.00. The largest absolute Gasteiger partial charge is 0.477 e. The summed E-state index contributed by atoms with van der Waals surface area (Å²) in [5, 5.41) is 20.0. The smallest absolute Gasteiger partial charge is 0.349 e. The highest BCUT2D eigenvalue weighted by Crippen LogP contribution is 2.34. The van der Waals surface area contributed by atoms with E-state index in [2.05, 4.69) is 28.4 Å². The van der Waals surface area contributed by atoms with Gasteiger partial charge in [-0.1, -0.05) is 56.7 Å². The summed E-state index contributed by atoms with van der Waals surface area (Å²) in [5.41, 5.74) is 4.07. The maximum absolute atomic E-state index is 12.9. The molecule has 35 heavy (non-hydrogen) atoms. The Hall–Kier alpha value is -2.63. The molecule has 3 N–H and O–H groups in total. The summed E-state index contributed by atoms with van der Waals surface area (Å²) in [7, 11) is 0. The van der Waals surface area contributed by atoms with Crippen LogP contribution >= 0.6 is 0 Å². The van der Waals surface area contributed by atoms with Crippen LogP contribution in [0.3, 0.4) is 0 Å². The zero-order valence-electron chi connectivity index (χ0n) is 21.0. The van der Waals surface area contributed by atoms with Crippen LogP contribution in [0.15, 0.2) is 29.8 Å². The Labute approximate surface area is 209 Å². The van der Waals surface area contributed by atoms with Crippen molar-refractivity contribution < 1.29 is 14.7 Å². The SMILES string of the molecule is N=C(C/C(=C/CCc1ccc2c(c1)CCCN2C1CCCCC1)C(=O)NC1CCCCC1)C(=O)O. The molecular weight excluding hydrogens is 438 g/mol. The Balaban J connectivity index is 1.41. The van der Waals surface area contributed by atoms with E-state index in [4.69, 9.17) is 5.41 Å². The van der Waals surface area contributed by atoms with E-state index in [-0.39, 0.29) is 18.4 Å². The number of nitrogens with one attached hydrogen (secondary N) is 2. The van der Waals surface area contributed by atoms with Crippen molar-refractivity contribution >= 4 is 23.3 Å². The second-order valence-electron chi connectivity index (χ2n) is 10.6. The molecule has 1 aromatic carbocycles. The van der Waals surface area contributed by atoms with Crippen molar-refractivity contribution in [2.45, 2.75) is 108 Å². The lowest BCUT2D eigenvalue weighted by atomic mass is 9.90. The van der Waals surface area contributed by atoms with Crippen molar-refractivity contribution in [3.63, 3.8) is 0 Å². The zero-order valence-corrected chi connectivity index (χ0v) is 21.0. The van der Waals surface area contributed by atoms with E-state index in [9.17, 15) is 14.7 Å². The fourth-order valence-electron chi connectivity index (χ4n) is 6.06. The van der Waals surface area contributed by atoms with E-state index in [1.54, 1.807) is 0 Å². The number of carbonyl (C=O) groups excluding carboxylic acids is 1. The molecule has 1 aliphatic heterocycles. The minimum atomic E-state index is -1.27. The maximum Gasteiger partial charge on any atom is 0.349 e. The Bertz CT molecular complexity index is 942. The third-order valence-corrected chi connectivity index (χ3v) is 8.00.